The number of carbonyl (C=O) groups is 1. The van der Waals surface area contributed by atoms with Crippen LogP contribution < -0.4 is 9.64 Å². The molecule has 0 aliphatic carbocycles. The maximum absolute atomic E-state index is 12.4. The molecule has 0 saturated heterocycles. The van der Waals surface area contributed by atoms with E-state index in [1.54, 1.807) is 17.0 Å². The number of para-hydroxylation sites is 2. The third-order valence-electron chi connectivity index (χ3n) is 2.97. The second kappa shape index (κ2) is 4.97. The normalized spacial score (nSPS) is 14.5. The highest BCUT2D eigenvalue weighted by Crippen LogP contribution is 2.31. The summed E-state index contributed by atoms with van der Waals surface area (Å²) in [5.41, 5.74) is 0.762. The highest BCUT2D eigenvalue weighted by Gasteiger charge is 2.25. The molecule has 0 bridgehead atoms. The zero-order valence-corrected chi connectivity index (χ0v) is 10.9. The number of fused-ring (bicyclic) bond motifs is 1. The number of nitrogens with zero attached hydrogens (tertiary/aromatic N) is 1. The van der Waals surface area contributed by atoms with E-state index in [0.717, 1.165) is 12.1 Å². The molecule has 0 radical (unpaired) electrons. The lowest BCUT2D eigenvalue weighted by Gasteiger charge is -2.20. The minimum Gasteiger partial charge on any atom is -0.491 e. The highest BCUT2D eigenvalue weighted by atomic mass is 35.5. The van der Waals surface area contributed by atoms with Gasteiger partial charge in [-0.05, 0) is 42.3 Å². The number of anilines is 1. The van der Waals surface area contributed by atoms with Crippen LogP contribution in [-0.4, -0.2) is 19.1 Å². The molecule has 0 unspecified atom stereocenters. The molecule has 2 aromatic rings. The van der Waals surface area contributed by atoms with Crippen molar-refractivity contribution in [1.82, 2.24) is 0 Å². The topological polar surface area (TPSA) is 42.7 Å². The first kappa shape index (κ1) is 12.1. The molecule has 1 aliphatic rings. The minimum atomic E-state index is -0.204. The van der Waals surface area contributed by atoms with Gasteiger partial charge in [-0.2, -0.15) is 0 Å². The van der Waals surface area contributed by atoms with Crippen molar-refractivity contribution in [1.29, 1.82) is 0 Å². The van der Waals surface area contributed by atoms with Crippen LogP contribution in [-0.2, 0) is 0 Å². The average Bonchev–Trinajstić information content (AvgIpc) is 2.74. The lowest BCUT2D eigenvalue weighted by molar-refractivity contribution is 0.0960. The average molecular weight is 278 g/mol. The van der Waals surface area contributed by atoms with Gasteiger partial charge in [0, 0.05) is 6.54 Å². The van der Waals surface area contributed by atoms with Crippen LogP contribution in [0.15, 0.2) is 40.8 Å². The van der Waals surface area contributed by atoms with Crippen LogP contribution in [0.3, 0.4) is 0 Å². The van der Waals surface area contributed by atoms with Crippen molar-refractivity contribution < 1.29 is 13.9 Å². The first-order chi connectivity index (χ1) is 9.25. The first-order valence-electron chi connectivity index (χ1n) is 6.05. The standard InChI is InChI=1S/C14H12ClNO3/c15-13-7-6-12(19-13)14(17)16-8-3-9-18-11-5-2-1-4-10(11)16/h1-2,4-7H,3,8-9H2. The number of ether oxygens (including phenoxy) is 1. The number of amides is 1. The maximum atomic E-state index is 12.4. The van der Waals surface area contributed by atoms with E-state index >= 15 is 0 Å². The predicted octanol–water partition coefficient (Wildman–Crippen LogP) is 3.36. The Morgan fingerprint density at radius 3 is 2.84 bits per heavy atom. The van der Waals surface area contributed by atoms with Crippen molar-refractivity contribution in [2.45, 2.75) is 6.42 Å². The van der Waals surface area contributed by atoms with E-state index in [4.69, 9.17) is 20.8 Å². The number of furan rings is 1. The maximum Gasteiger partial charge on any atom is 0.294 e. The predicted molar refractivity (Wildman–Crippen MR) is 71.9 cm³/mol. The fraction of sp³-hybridized carbons (Fsp3) is 0.214. The summed E-state index contributed by atoms with van der Waals surface area (Å²) in [5.74, 6) is 0.748. The van der Waals surface area contributed by atoms with Gasteiger partial charge in [0.15, 0.2) is 11.0 Å². The fourth-order valence-electron chi connectivity index (χ4n) is 2.10. The third-order valence-corrected chi connectivity index (χ3v) is 3.17. The molecule has 0 fully saturated rings. The summed E-state index contributed by atoms with van der Waals surface area (Å²) in [4.78, 5) is 14.1. The van der Waals surface area contributed by atoms with Crippen molar-refractivity contribution in [2.24, 2.45) is 0 Å². The van der Waals surface area contributed by atoms with Crippen LogP contribution in [0.4, 0.5) is 5.69 Å². The number of halogens is 1. The summed E-state index contributed by atoms with van der Waals surface area (Å²) in [7, 11) is 0. The molecule has 4 nitrogen and oxygen atoms in total. The zero-order chi connectivity index (χ0) is 13.2. The van der Waals surface area contributed by atoms with Crippen molar-refractivity contribution in [3.8, 4) is 5.75 Å². The molecule has 5 heteroatoms. The smallest absolute Gasteiger partial charge is 0.294 e. The Kier molecular flexibility index (Phi) is 3.17. The molecule has 0 saturated carbocycles. The molecular formula is C14H12ClNO3. The van der Waals surface area contributed by atoms with Crippen LogP contribution in [0, 0.1) is 0 Å². The summed E-state index contributed by atoms with van der Waals surface area (Å²) in [6.07, 6.45) is 0.773. The molecule has 0 spiro atoms. The summed E-state index contributed by atoms with van der Waals surface area (Å²) in [6, 6.07) is 10.6. The van der Waals surface area contributed by atoms with Crippen molar-refractivity contribution >= 4 is 23.2 Å². The van der Waals surface area contributed by atoms with Gasteiger partial charge in [0.1, 0.15) is 5.75 Å². The Morgan fingerprint density at radius 1 is 1.21 bits per heavy atom. The Bertz CT molecular complexity index is 608. The quantitative estimate of drug-likeness (QED) is 0.803. The Morgan fingerprint density at radius 2 is 2.05 bits per heavy atom. The molecule has 1 amide bonds. The highest BCUT2D eigenvalue weighted by molar-refractivity contribution is 6.29. The van der Waals surface area contributed by atoms with Gasteiger partial charge < -0.3 is 14.1 Å². The largest absolute Gasteiger partial charge is 0.491 e. The van der Waals surface area contributed by atoms with Gasteiger partial charge in [-0.25, -0.2) is 0 Å². The molecule has 1 aromatic heterocycles. The van der Waals surface area contributed by atoms with Crippen LogP contribution >= 0.6 is 11.6 Å². The molecular weight excluding hydrogens is 266 g/mol. The van der Waals surface area contributed by atoms with Crippen LogP contribution in [0.1, 0.15) is 17.0 Å². The summed E-state index contributed by atoms with van der Waals surface area (Å²) < 4.78 is 10.8. The molecule has 19 heavy (non-hydrogen) atoms. The Labute approximate surface area is 115 Å². The zero-order valence-electron chi connectivity index (χ0n) is 10.1. The Balaban J connectivity index is 1.98. The van der Waals surface area contributed by atoms with E-state index in [9.17, 15) is 4.79 Å². The first-order valence-corrected chi connectivity index (χ1v) is 6.42. The van der Waals surface area contributed by atoms with Crippen molar-refractivity contribution in [3.05, 3.63) is 47.4 Å². The number of benzene rings is 1. The Hall–Kier alpha value is -1.94. The number of rotatable bonds is 1. The van der Waals surface area contributed by atoms with Gasteiger partial charge in [-0.1, -0.05) is 12.1 Å². The molecule has 0 N–H and O–H groups in total. The van der Waals surface area contributed by atoms with E-state index in [2.05, 4.69) is 0 Å². The monoisotopic (exact) mass is 277 g/mol. The molecule has 1 aliphatic heterocycles. The van der Waals surface area contributed by atoms with Gasteiger partial charge in [0.05, 0.1) is 12.3 Å². The summed E-state index contributed by atoms with van der Waals surface area (Å²) >= 11 is 5.71. The SMILES string of the molecule is O=C(c1ccc(Cl)o1)N1CCCOc2ccccc21. The van der Waals surface area contributed by atoms with Crippen molar-refractivity contribution in [3.63, 3.8) is 0 Å². The van der Waals surface area contributed by atoms with Crippen molar-refractivity contribution in [2.75, 3.05) is 18.1 Å². The molecule has 1 aromatic carbocycles. The van der Waals surface area contributed by atoms with E-state index in [-0.39, 0.29) is 16.9 Å². The van der Waals surface area contributed by atoms with Gasteiger partial charge in [-0.15, -0.1) is 0 Å². The molecule has 0 atom stereocenters. The van der Waals surface area contributed by atoms with E-state index in [0.29, 0.717) is 18.9 Å². The second-order valence-electron chi connectivity index (χ2n) is 4.23. The molecule has 2 heterocycles. The second-order valence-corrected chi connectivity index (χ2v) is 4.60. The van der Waals surface area contributed by atoms with E-state index in [1.807, 2.05) is 24.3 Å². The van der Waals surface area contributed by atoms with E-state index < -0.39 is 0 Å². The van der Waals surface area contributed by atoms with Crippen LogP contribution in [0.25, 0.3) is 0 Å². The molecule has 3 rings (SSSR count). The third kappa shape index (κ3) is 2.31. The van der Waals surface area contributed by atoms with E-state index in [1.165, 1.54) is 0 Å². The van der Waals surface area contributed by atoms with Crippen LogP contribution in [0.5, 0.6) is 5.75 Å². The molecule has 98 valence electrons. The number of carbonyl (C=O) groups excluding carboxylic acids is 1. The van der Waals surface area contributed by atoms with Gasteiger partial charge in [0.2, 0.25) is 0 Å². The number of hydrogen-bond acceptors (Lipinski definition) is 3. The summed E-state index contributed by atoms with van der Waals surface area (Å²) in [5, 5.41) is 0.211. The van der Waals surface area contributed by atoms with Gasteiger partial charge in [-0.3, -0.25) is 4.79 Å². The fourth-order valence-corrected chi connectivity index (χ4v) is 2.25. The lowest BCUT2D eigenvalue weighted by atomic mass is 10.2. The van der Waals surface area contributed by atoms with Gasteiger partial charge in [0.25, 0.3) is 5.91 Å². The van der Waals surface area contributed by atoms with Crippen LogP contribution in [0.2, 0.25) is 5.22 Å². The summed E-state index contributed by atoms with van der Waals surface area (Å²) in [6.45, 7) is 1.19. The number of hydrogen-bond donors (Lipinski definition) is 0. The lowest BCUT2D eigenvalue weighted by Crippen LogP contribution is -2.31. The van der Waals surface area contributed by atoms with Gasteiger partial charge >= 0.3 is 0 Å². The minimum absolute atomic E-state index is 0.204.